The lowest BCUT2D eigenvalue weighted by atomic mass is 9.89. The molecule has 2 aliphatic heterocycles. The summed E-state index contributed by atoms with van der Waals surface area (Å²) in [7, 11) is 0. The van der Waals surface area contributed by atoms with Gasteiger partial charge in [0, 0.05) is 12.1 Å². The molecule has 8 heteroatoms. The van der Waals surface area contributed by atoms with Gasteiger partial charge in [-0.2, -0.15) is 0 Å². The summed E-state index contributed by atoms with van der Waals surface area (Å²) < 4.78 is 11.0. The largest absolute Gasteiger partial charge is 0.454 e. The summed E-state index contributed by atoms with van der Waals surface area (Å²) >= 11 is 0. The monoisotopic (exact) mass is 506 g/mol. The van der Waals surface area contributed by atoms with Gasteiger partial charge < -0.3 is 20.1 Å². The molecule has 0 bridgehead atoms. The van der Waals surface area contributed by atoms with Gasteiger partial charge in [-0.05, 0) is 58.7 Å². The van der Waals surface area contributed by atoms with Gasteiger partial charge in [-0.15, -0.1) is 0 Å². The summed E-state index contributed by atoms with van der Waals surface area (Å²) in [6.07, 6.45) is 0. The van der Waals surface area contributed by atoms with Crippen LogP contribution in [0.5, 0.6) is 11.5 Å². The van der Waals surface area contributed by atoms with Crippen molar-refractivity contribution in [3.8, 4) is 11.5 Å². The molecule has 0 spiro atoms. The van der Waals surface area contributed by atoms with Gasteiger partial charge in [-0.3, -0.25) is 15.1 Å². The first-order valence-corrected chi connectivity index (χ1v) is 12.3. The molecule has 4 aromatic carbocycles. The van der Waals surface area contributed by atoms with Crippen molar-refractivity contribution in [3.63, 3.8) is 0 Å². The first-order chi connectivity index (χ1) is 18.3. The van der Waals surface area contributed by atoms with E-state index in [4.69, 9.17) is 20.6 Å². The average molecular weight is 507 g/mol. The molecule has 6 rings (SSSR count). The standard InChI is InChI=1S/C30H26N4O4/c1-30(24-11-12-25-26(15-24)38-18-37-25)28(35)33(29(36)34(30)17-19-5-3-2-4-6-19)16-20-7-8-21-9-10-22(27(31)32)14-23(21)13-20/h2-15H,16-18H2,1H3,(H3,31,32). The number of amides is 3. The van der Waals surface area contributed by atoms with Gasteiger partial charge in [0.1, 0.15) is 11.4 Å². The maximum Gasteiger partial charge on any atom is 0.328 e. The van der Waals surface area contributed by atoms with Gasteiger partial charge >= 0.3 is 6.03 Å². The number of nitrogens with one attached hydrogen (secondary N) is 1. The molecule has 4 aromatic rings. The van der Waals surface area contributed by atoms with E-state index < -0.39 is 5.54 Å². The van der Waals surface area contributed by atoms with E-state index in [2.05, 4.69) is 0 Å². The van der Waals surface area contributed by atoms with Crippen molar-refractivity contribution >= 4 is 28.5 Å². The van der Waals surface area contributed by atoms with Crippen LogP contribution in [0.1, 0.15) is 29.2 Å². The number of fused-ring (bicyclic) bond motifs is 2. The summed E-state index contributed by atoms with van der Waals surface area (Å²) in [5, 5.41) is 9.61. The number of hydrogen-bond acceptors (Lipinski definition) is 5. The van der Waals surface area contributed by atoms with Crippen LogP contribution < -0.4 is 15.2 Å². The van der Waals surface area contributed by atoms with E-state index in [1.54, 1.807) is 30.0 Å². The van der Waals surface area contributed by atoms with Crippen LogP contribution in [-0.2, 0) is 23.4 Å². The number of carbonyl (C=O) groups is 2. The fraction of sp³-hybridized carbons (Fsp3) is 0.167. The molecule has 0 saturated carbocycles. The van der Waals surface area contributed by atoms with Crippen LogP contribution in [0.25, 0.3) is 10.8 Å². The number of nitrogen functional groups attached to an aromatic ring is 1. The van der Waals surface area contributed by atoms with Gasteiger partial charge in [0.2, 0.25) is 6.79 Å². The SMILES string of the molecule is CC1(c2ccc3c(c2)OCO3)C(=O)N(Cc2ccc3ccc(C(=N)N)cc3c2)C(=O)N1Cc1ccccc1. The first-order valence-electron chi connectivity index (χ1n) is 12.3. The van der Waals surface area contributed by atoms with E-state index >= 15 is 0 Å². The van der Waals surface area contributed by atoms with Gasteiger partial charge in [0.15, 0.2) is 11.5 Å². The number of benzene rings is 4. The van der Waals surface area contributed by atoms with Gasteiger partial charge in [-0.1, -0.05) is 60.7 Å². The van der Waals surface area contributed by atoms with Gasteiger partial charge in [0.05, 0.1) is 6.54 Å². The lowest BCUT2D eigenvalue weighted by molar-refractivity contribution is -0.133. The molecule has 3 amide bonds. The maximum absolute atomic E-state index is 14.1. The van der Waals surface area contributed by atoms with Crippen molar-refractivity contribution in [3.05, 3.63) is 107 Å². The predicted molar refractivity (Wildman–Crippen MR) is 143 cm³/mol. The van der Waals surface area contributed by atoms with E-state index in [9.17, 15) is 9.59 Å². The molecule has 2 aliphatic rings. The highest BCUT2D eigenvalue weighted by atomic mass is 16.7. The third-order valence-electron chi connectivity index (χ3n) is 7.34. The Morgan fingerprint density at radius 1 is 0.868 bits per heavy atom. The second kappa shape index (κ2) is 8.92. The molecule has 3 N–H and O–H groups in total. The highest BCUT2D eigenvalue weighted by molar-refractivity contribution is 6.07. The zero-order chi connectivity index (χ0) is 26.4. The fourth-order valence-corrected chi connectivity index (χ4v) is 5.16. The lowest BCUT2D eigenvalue weighted by Gasteiger charge is -2.32. The number of amidine groups is 1. The van der Waals surface area contributed by atoms with E-state index in [0.717, 1.165) is 21.9 Å². The van der Waals surface area contributed by atoms with Crippen LogP contribution in [0, 0.1) is 5.41 Å². The minimum atomic E-state index is -1.24. The Labute approximate surface area is 219 Å². The van der Waals surface area contributed by atoms with Crippen molar-refractivity contribution in [2.24, 2.45) is 5.73 Å². The Kier molecular flexibility index (Phi) is 5.52. The van der Waals surface area contributed by atoms with Crippen LogP contribution in [-0.4, -0.2) is 34.4 Å². The molecule has 38 heavy (non-hydrogen) atoms. The van der Waals surface area contributed by atoms with Crippen LogP contribution >= 0.6 is 0 Å². The van der Waals surface area contributed by atoms with Crippen LogP contribution in [0.4, 0.5) is 4.79 Å². The number of urea groups is 1. The summed E-state index contributed by atoms with van der Waals surface area (Å²) in [4.78, 5) is 30.9. The predicted octanol–water partition coefficient (Wildman–Crippen LogP) is 4.73. The summed E-state index contributed by atoms with van der Waals surface area (Å²) in [5.74, 6) is 0.840. The third kappa shape index (κ3) is 3.82. The summed E-state index contributed by atoms with van der Waals surface area (Å²) in [5.41, 5.74) is 7.42. The van der Waals surface area contributed by atoms with Crippen molar-refractivity contribution in [2.75, 3.05) is 6.79 Å². The van der Waals surface area contributed by atoms with Crippen LogP contribution in [0.3, 0.4) is 0 Å². The molecule has 0 aromatic heterocycles. The second-order valence-electron chi connectivity index (χ2n) is 9.70. The van der Waals surface area contributed by atoms with Crippen LogP contribution in [0.15, 0.2) is 84.9 Å². The Morgan fingerprint density at radius 3 is 2.42 bits per heavy atom. The van der Waals surface area contributed by atoms with E-state index in [1.165, 1.54) is 4.90 Å². The quantitative estimate of drug-likeness (QED) is 0.223. The molecule has 0 aliphatic carbocycles. The van der Waals surface area contributed by atoms with Gasteiger partial charge in [0.25, 0.3) is 5.91 Å². The van der Waals surface area contributed by atoms with Crippen molar-refractivity contribution in [1.82, 2.24) is 9.80 Å². The summed E-state index contributed by atoms with van der Waals surface area (Å²) in [6, 6.07) is 26.0. The highest BCUT2D eigenvalue weighted by Gasteiger charge is 2.55. The Bertz CT molecular complexity index is 1600. The van der Waals surface area contributed by atoms with E-state index in [-0.39, 0.29) is 37.7 Å². The van der Waals surface area contributed by atoms with E-state index in [0.29, 0.717) is 22.6 Å². The molecule has 2 heterocycles. The number of carbonyl (C=O) groups excluding carboxylic acids is 2. The minimum absolute atomic E-state index is 0.0155. The maximum atomic E-state index is 14.1. The molecule has 1 atom stereocenters. The molecule has 0 radical (unpaired) electrons. The molecular weight excluding hydrogens is 480 g/mol. The molecular formula is C30H26N4O4. The molecule has 1 fully saturated rings. The molecule has 190 valence electrons. The van der Waals surface area contributed by atoms with Gasteiger partial charge in [-0.25, -0.2) is 4.79 Å². The molecule has 1 unspecified atom stereocenters. The zero-order valence-electron chi connectivity index (χ0n) is 20.8. The first kappa shape index (κ1) is 23.5. The lowest BCUT2D eigenvalue weighted by Crippen LogP contribution is -2.43. The third-order valence-corrected chi connectivity index (χ3v) is 7.34. The molecule has 1 saturated heterocycles. The number of ether oxygens (including phenoxy) is 2. The summed E-state index contributed by atoms with van der Waals surface area (Å²) in [6.45, 7) is 2.29. The van der Waals surface area contributed by atoms with Crippen molar-refractivity contribution < 1.29 is 19.1 Å². The number of hydrogen-bond donors (Lipinski definition) is 2. The number of rotatable bonds is 6. The number of imide groups is 1. The highest BCUT2D eigenvalue weighted by Crippen LogP contribution is 2.43. The van der Waals surface area contributed by atoms with E-state index in [1.807, 2.05) is 66.7 Å². The fourth-order valence-electron chi connectivity index (χ4n) is 5.16. The Balaban J connectivity index is 1.39. The average Bonchev–Trinajstić information content (AvgIpc) is 3.47. The van der Waals surface area contributed by atoms with Crippen LogP contribution in [0.2, 0.25) is 0 Å². The minimum Gasteiger partial charge on any atom is -0.454 e. The molecule has 8 nitrogen and oxygen atoms in total. The topological polar surface area (TPSA) is 109 Å². The Hall–Kier alpha value is -4.85. The van der Waals surface area contributed by atoms with Crippen molar-refractivity contribution in [2.45, 2.75) is 25.6 Å². The Morgan fingerprint density at radius 2 is 1.63 bits per heavy atom. The van der Waals surface area contributed by atoms with Crippen molar-refractivity contribution in [1.29, 1.82) is 5.41 Å². The second-order valence-corrected chi connectivity index (χ2v) is 9.70. The number of nitrogens with zero attached hydrogens (tertiary/aromatic N) is 2. The smallest absolute Gasteiger partial charge is 0.328 e. The zero-order valence-corrected chi connectivity index (χ0v) is 20.8. The number of nitrogens with two attached hydrogens (primary N) is 1. The normalized spacial score (nSPS) is 18.4.